The fraction of sp³-hybridized carbons (Fsp3) is 0.750. The summed E-state index contributed by atoms with van der Waals surface area (Å²) in [5.74, 6) is -0.552. The molecule has 18 heavy (non-hydrogen) atoms. The molecule has 6 heteroatoms. The zero-order valence-corrected chi connectivity index (χ0v) is 10.9. The second-order valence-corrected chi connectivity index (χ2v) is 4.57. The zero-order chi connectivity index (χ0) is 14.0. The summed E-state index contributed by atoms with van der Waals surface area (Å²) in [5.41, 5.74) is 0. The van der Waals surface area contributed by atoms with Crippen molar-refractivity contribution >= 4 is 18.3 Å². The second kappa shape index (κ2) is 9.44. The van der Waals surface area contributed by atoms with Crippen LogP contribution in [0.15, 0.2) is 0 Å². The molecule has 0 bridgehead atoms. The Bertz CT molecular complexity index is 279. The van der Waals surface area contributed by atoms with Gasteiger partial charge in [-0.15, -0.1) is 0 Å². The van der Waals surface area contributed by atoms with Crippen LogP contribution in [-0.2, 0) is 9.59 Å². The number of hydrogen-bond acceptors (Lipinski definition) is 3. The molecular formula is C12H22N2O4. The van der Waals surface area contributed by atoms with Crippen molar-refractivity contribution in [3.05, 3.63) is 0 Å². The number of rotatable bonds is 9. The van der Waals surface area contributed by atoms with E-state index in [0.717, 1.165) is 12.8 Å². The number of urea groups is 1. The molecular weight excluding hydrogens is 236 g/mol. The van der Waals surface area contributed by atoms with E-state index in [1.54, 1.807) is 0 Å². The van der Waals surface area contributed by atoms with Crippen molar-refractivity contribution in [2.45, 2.75) is 45.6 Å². The monoisotopic (exact) mass is 258 g/mol. The SMILES string of the molecule is CC(C)CCCNC(=O)NC(CCC=O)C(=O)O. The van der Waals surface area contributed by atoms with Gasteiger partial charge in [-0.3, -0.25) is 0 Å². The van der Waals surface area contributed by atoms with Crippen LogP contribution in [-0.4, -0.2) is 36.0 Å². The summed E-state index contributed by atoms with van der Waals surface area (Å²) in [4.78, 5) is 32.4. The molecule has 0 fully saturated rings. The molecule has 0 saturated heterocycles. The second-order valence-electron chi connectivity index (χ2n) is 4.57. The third-order valence-corrected chi connectivity index (χ3v) is 2.42. The van der Waals surface area contributed by atoms with E-state index in [4.69, 9.17) is 5.11 Å². The van der Waals surface area contributed by atoms with E-state index in [1.807, 2.05) is 0 Å². The van der Waals surface area contributed by atoms with Crippen LogP contribution in [0.2, 0.25) is 0 Å². The third-order valence-electron chi connectivity index (χ3n) is 2.42. The first-order chi connectivity index (χ1) is 8.47. The van der Waals surface area contributed by atoms with Crippen LogP contribution in [0.1, 0.15) is 39.5 Å². The zero-order valence-electron chi connectivity index (χ0n) is 10.9. The van der Waals surface area contributed by atoms with Crippen molar-refractivity contribution in [2.24, 2.45) is 5.92 Å². The van der Waals surface area contributed by atoms with Gasteiger partial charge in [0.25, 0.3) is 0 Å². The van der Waals surface area contributed by atoms with E-state index in [9.17, 15) is 14.4 Å². The minimum absolute atomic E-state index is 0.109. The van der Waals surface area contributed by atoms with Gasteiger partial charge in [-0.2, -0.15) is 0 Å². The molecule has 6 nitrogen and oxygen atoms in total. The predicted molar refractivity (Wildman–Crippen MR) is 67.3 cm³/mol. The minimum atomic E-state index is -1.13. The van der Waals surface area contributed by atoms with Crippen molar-refractivity contribution in [3.8, 4) is 0 Å². The lowest BCUT2D eigenvalue weighted by Crippen LogP contribution is -2.46. The lowest BCUT2D eigenvalue weighted by atomic mass is 10.1. The maximum Gasteiger partial charge on any atom is 0.326 e. The average Bonchev–Trinajstić information content (AvgIpc) is 2.29. The first kappa shape index (κ1) is 16.4. The van der Waals surface area contributed by atoms with Crippen molar-refractivity contribution in [2.75, 3.05) is 6.54 Å². The lowest BCUT2D eigenvalue weighted by Gasteiger charge is -2.14. The molecule has 1 unspecified atom stereocenters. The summed E-state index contributed by atoms with van der Waals surface area (Å²) in [6.07, 6.45) is 2.73. The summed E-state index contributed by atoms with van der Waals surface area (Å²) < 4.78 is 0. The maximum absolute atomic E-state index is 11.4. The number of nitrogens with one attached hydrogen (secondary N) is 2. The van der Waals surface area contributed by atoms with Gasteiger partial charge in [0.2, 0.25) is 0 Å². The average molecular weight is 258 g/mol. The highest BCUT2D eigenvalue weighted by Crippen LogP contribution is 2.01. The summed E-state index contributed by atoms with van der Waals surface area (Å²) in [7, 11) is 0. The van der Waals surface area contributed by atoms with Crippen molar-refractivity contribution in [3.63, 3.8) is 0 Å². The number of amides is 2. The highest BCUT2D eigenvalue weighted by atomic mass is 16.4. The van der Waals surface area contributed by atoms with Gasteiger partial charge in [0.15, 0.2) is 0 Å². The molecule has 0 aromatic rings. The topological polar surface area (TPSA) is 95.5 Å². The van der Waals surface area contributed by atoms with Crippen LogP contribution in [0, 0.1) is 5.92 Å². The number of aliphatic carboxylic acids is 1. The highest BCUT2D eigenvalue weighted by Gasteiger charge is 2.18. The standard InChI is InChI=1S/C12H22N2O4/c1-9(2)5-3-7-13-12(18)14-10(11(16)17)6-4-8-15/h8-10H,3-7H2,1-2H3,(H,16,17)(H2,13,14,18). The number of hydrogen-bond donors (Lipinski definition) is 3. The van der Waals surface area contributed by atoms with E-state index in [-0.39, 0.29) is 12.8 Å². The molecule has 104 valence electrons. The lowest BCUT2D eigenvalue weighted by molar-refractivity contribution is -0.139. The number of carbonyl (C=O) groups excluding carboxylic acids is 2. The quantitative estimate of drug-likeness (QED) is 0.427. The number of carboxylic acid groups (broad SMARTS) is 1. The van der Waals surface area contributed by atoms with E-state index in [0.29, 0.717) is 18.7 Å². The maximum atomic E-state index is 11.4. The van der Waals surface area contributed by atoms with Gasteiger partial charge >= 0.3 is 12.0 Å². The predicted octanol–water partition coefficient (Wildman–Crippen LogP) is 1.15. The van der Waals surface area contributed by atoms with E-state index in [2.05, 4.69) is 24.5 Å². The number of aldehydes is 1. The molecule has 0 aliphatic rings. The van der Waals surface area contributed by atoms with Gasteiger partial charge in [-0.25, -0.2) is 9.59 Å². The Morgan fingerprint density at radius 2 is 1.94 bits per heavy atom. The van der Waals surface area contributed by atoms with Gasteiger partial charge in [0, 0.05) is 13.0 Å². The molecule has 0 aromatic carbocycles. The van der Waals surface area contributed by atoms with Crippen LogP contribution >= 0.6 is 0 Å². The molecule has 0 rings (SSSR count). The Hall–Kier alpha value is -1.59. The van der Waals surface area contributed by atoms with Gasteiger partial charge in [0.05, 0.1) is 0 Å². The van der Waals surface area contributed by atoms with Crippen LogP contribution < -0.4 is 10.6 Å². The molecule has 0 radical (unpaired) electrons. The highest BCUT2D eigenvalue weighted by molar-refractivity contribution is 5.82. The number of carbonyl (C=O) groups is 3. The van der Waals surface area contributed by atoms with Crippen LogP contribution in [0.3, 0.4) is 0 Å². The fourth-order valence-corrected chi connectivity index (χ4v) is 1.41. The molecule has 2 amide bonds. The van der Waals surface area contributed by atoms with Crippen molar-refractivity contribution < 1.29 is 19.5 Å². The largest absolute Gasteiger partial charge is 0.480 e. The van der Waals surface area contributed by atoms with Gasteiger partial charge in [-0.1, -0.05) is 13.8 Å². The smallest absolute Gasteiger partial charge is 0.326 e. The van der Waals surface area contributed by atoms with Gasteiger partial charge in [0.1, 0.15) is 12.3 Å². The fourth-order valence-electron chi connectivity index (χ4n) is 1.41. The van der Waals surface area contributed by atoms with Crippen LogP contribution in [0.5, 0.6) is 0 Å². The van der Waals surface area contributed by atoms with Crippen molar-refractivity contribution in [1.82, 2.24) is 10.6 Å². The molecule has 0 spiro atoms. The van der Waals surface area contributed by atoms with E-state index in [1.165, 1.54) is 0 Å². The molecule has 0 saturated carbocycles. The van der Waals surface area contributed by atoms with Crippen LogP contribution in [0.4, 0.5) is 4.79 Å². The molecule has 3 N–H and O–H groups in total. The van der Waals surface area contributed by atoms with Gasteiger partial charge < -0.3 is 20.5 Å². The normalized spacial score (nSPS) is 11.9. The Balaban J connectivity index is 3.87. The van der Waals surface area contributed by atoms with Crippen molar-refractivity contribution in [1.29, 1.82) is 0 Å². The summed E-state index contributed by atoms with van der Waals surface area (Å²) >= 11 is 0. The first-order valence-corrected chi connectivity index (χ1v) is 6.18. The minimum Gasteiger partial charge on any atom is -0.480 e. The number of carboxylic acids is 1. The third kappa shape index (κ3) is 8.55. The van der Waals surface area contributed by atoms with E-state index >= 15 is 0 Å². The summed E-state index contributed by atoms with van der Waals surface area (Å²) in [6, 6.07) is -1.52. The summed E-state index contributed by atoms with van der Waals surface area (Å²) in [6.45, 7) is 4.71. The molecule has 0 aliphatic carbocycles. The Labute approximate surface area is 107 Å². The molecule has 1 atom stereocenters. The van der Waals surface area contributed by atoms with Gasteiger partial charge in [-0.05, 0) is 25.2 Å². The molecule has 0 heterocycles. The van der Waals surface area contributed by atoms with E-state index < -0.39 is 18.0 Å². The molecule has 0 aliphatic heterocycles. The molecule has 0 aromatic heterocycles. The Morgan fingerprint density at radius 3 is 2.44 bits per heavy atom. The Morgan fingerprint density at radius 1 is 1.28 bits per heavy atom. The Kier molecular flexibility index (Phi) is 8.61. The first-order valence-electron chi connectivity index (χ1n) is 6.18. The summed E-state index contributed by atoms with van der Waals surface area (Å²) in [5, 5.41) is 13.8. The van der Waals surface area contributed by atoms with Crippen LogP contribution in [0.25, 0.3) is 0 Å².